The fraction of sp³-hybridized carbons (Fsp3) is 0.364. The van der Waals surface area contributed by atoms with Gasteiger partial charge in [-0.25, -0.2) is 0 Å². The molecule has 1 atom stereocenters. The molecule has 2 N–H and O–H groups in total. The zero-order valence-corrected chi connectivity index (χ0v) is 7.96. The van der Waals surface area contributed by atoms with Gasteiger partial charge in [0, 0.05) is 25.7 Å². The number of benzene rings is 1. The smallest absolute Gasteiger partial charge is 0.0991 e. The average molecular weight is 187 g/mol. The van der Waals surface area contributed by atoms with E-state index in [1.165, 1.54) is 5.56 Å². The molecule has 3 heteroatoms. The monoisotopic (exact) mass is 187 g/mol. The molecular formula is C11H13N3. The van der Waals surface area contributed by atoms with Crippen molar-refractivity contribution in [1.82, 2.24) is 10.6 Å². The van der Waals surface area contributed by atoms with Crippen molar-refractivity contribution in [3.63, 3.8) is 0 Å². The Labute approximate surface area is 83.7 Å². The molecule has 1 heterocycles. The van der Waals surface area contributed by atoms with Crippen molar-refractivity contribution in [2.24, 2.45) is 0 Å². The van der Waals surface area contributed by atoms with Crippen LogP contribution in [0.25, 0.3) is 0 Å². The predicted octanol–water partition coefficient (Wildman–Crippen LogP) is 0.792. The normalized spacial score (nSPS) is 21.5. The van der Waals surface area contributed by atoms with Gasteiger partial charge in [-0.1, -0.05) is 12.1 Å². The van der Waals surface area contributed by atoms with Crippen LogP contribution in [0.2, 0.25) is 0 Å². The van der Waals surface area contributed by atoms with E-state index in [4.69, 9.17) is 5.26 Å². The quantitative estimate of drug-likeness (QED) is 0.683. The first-order valence-electron chi connectivity index (χ1n) is 4.84. The number of piperazine rings is 1. The molecule has 3 nitrogen and oxygen atoms in total. The third-order valence-electron chi connectivity index (χ3n) is 2.46. The molecule has 0 radical (unpaired) electrons. The Bertz CT molecular complexity index is 348. The van der Waals surface area contributed by atoms with Crippen LogP contribution in [0.1, 0.15) is 17.2 Å². The van der Waals surface area contributed by atoms with Gasteiger partial charge in [0.25, 0.3) is 0 Å². The molecule has 0 amide bonds. The van der Waals surface area contributed by atoms with Crippen molar-refractivity contribution in [2.75, 3.05) is 19.6 Å². The molecule has 1 saturated heterocycles. The number of nitrogens with zero attached hydrogens (tertiary/aromatic N) is 1. The Morgan fingerprint density at radius 3 is 3.00 bits per heavy atom. The number of hydrogen-bond donors (Lipinski definition) is 2. The fourth-order valence-corrected chi connectivity index (χ4v) is 1.71. The predicted molar refractivity (Wildman–Crippen MR) is 54.8 cm³/mol. The van der Waals surface area contributed by atoms with Crippen LogP contribution in [0.15, 0.2) is 24.3 Å². The van der Waals surface area contributed by atoms with E-state index < -0.39 is 0 Å². The molecule has 2 rings (SSSR count). The highest BCUT2D eigenvalue weighted by Crippen LogP contribution is 2.14. The third kappa shape index (κ3) is 1.92. The van der Waals surface area contributed by atoms with E-state index in [0.717, 1.165) is 25.2 Å². The highest BCUT2D eigenvalue weighted by Gasteiger charge is 2.13. The van der Waals surface area contributed by atoms with E-state index in [9.17, 15) is 0 Å². The van der Waals surface area contributed by atoms with Gasteiger partial charge in [-0.2, -0.15) is 5.26 Å². The fourth-order valence-electron chi connectivity index (χ4n) is 1.71. The third-order valence-corrected chi connectivity index (χ3v) is 2.46. The molecule has 1 fully saturated rings. The summed E-state index contributed by atoms with van der Waals surface area (Å²) in [5, 5.41) is 15.5. The van der Waals surface area contributed by atoms with Gasteiger partial charge in [0.1, 0.15) is 0 Å². The number of hydrogen-bond acceptors (Lipinski definition) is 3. The lowest BCUT2D eigenvalue weighted by atomic mass is 10.0. The van der Waals surface area contributed by atoms with Crippen LogP contribution in [0, 0.1) is 11.3 Å². The maximum Gasteiger partial charge on any atom is 0.0991 e. The zero-order valence-electron chi connectivity index (χ0n) is 7.96. The summed E-state index contributed by atoms with van der Waals surface area (Å²) < 4.78 is 0. The van der Waals surface area contributed by atoms with Crippen LogP contribution in [0.5, 0.6) is 0 Å². The Morgan fingerprint density at radius 1 is 1.36 bits per heavy atom. The summed E-state index contributed by atoms with van der Waals surface area (Å²) in [6.45, 7) is 2.95. The molecule has 1 aliphatic heterocycles. The number of nitriles is 1. The van der Waals surface area contributed by atoms with E-state index >= 15 is 0 Å². The number of nitrogens with one attached hydrogen (secondary N) is 2. The van der Waals surface area contributed by atoms with Crippen LogP contribution >= 0.6 is 0 Å². The summed E-state index contributed by atoms with van der Waals surface area (Å²) in [6, 6.07) is 10.3. The first-order valence-corrected chi connectivity index (χ1v) is 4.84. The summed E-state index contributed by atoms with van der Waals surface area (Å²) in [6.07, 6.45) is 0. The van der Waals surface area contributed by atoms with Gasteiger partial charge in [-0.3, -0.25) is 0 Å². The van der Waals surface area contributed by atoms with Crippen LogP contribution in [-0.4, -0.2) is 19.6 Å². The molecular weight excluding hydrogens is 174 g/mol. The van der Waals surface area contributed by atoms with E-state index in [2.05, 4.69) is 22.8 Å². The lowest BCUT2D eigenvalue weighted by Crippen LogP contribution is -2.42. The molecule has 0 saturated carbocycles. The highest BCUT2D eigenvalue weighted by atomic mass is 15.1. The standard InChI is InChI=1S/C11H13N3/c12-7-9-2-1-3-10(6-9)11-8-13-4-5-14-11/h1-3,6,11,13-14H,4-5,8H2. The van der Waals surface area contributed by atoms with Crippen molar-refractivity contribution in [1.29, 1.82) is 5.26 Å². The lowest BCUT2D eigenvalue weighted by molar-refractivity contribution is 0.430. The molecule has 1 unspecified atom stereocenters. The lowest BCUT2D eigenvalue weighted by Gasteiger charge is -2.24. The topological polar surface area (TPSA) is 47.9 Å². The summed E-state index contributed by atoms with van der Waals surface area (Å²) in [5.41, 5.74) is 1.92. The van der Waals surface area contributed by atoms with Gasteiger partial charge in [0.15, 0.2) is 0 Å². The first-order chi connectivity index (χ1) is 6.90. The maximum atomic E-state index is 8.77. The maximum absolute atomic E-state index is 8.77. The zero-order chi connectivity index (χ0) is 9.80. The summed E-state index contributed by atoms with van der Waals surface area (Å²) >= 11 is 0. The minimum absolute atomic E-state index is 0.344. The highest BCUT2D eigenvalue weighted by molar-refractivity contribution is 5.34. The molecule has 1 aliphatic rings. The molecule has 0 aliphatic carbocycles. The molecule has 14 heavy (non-hydrogen) atoms. The van der Waals surface area contributed by atoms with E-state index in [0.29, 0.717) is 6.04 Å². The molecule has 0 aromatic heterocycles. The van der Waals surface area contributed by atoms with Gasteiger partial charge in [-0.15, -0.1) is 0 Å². The largest absolute Gasteiger partial charge is 0.314 e. The van der Waals surface area contributed by atoms with Crippen LogP contribution in [0.3, 0.4) is 0 Å². The van der Waals surface area contributed by atoms with Gasteiger partial charge >= 0.3 is 0 Å². The van der Waals surface area contributed by atoms with E-state index in [1.54, 1.807) is 0 Å². The first kappa shape index (κ1) is 9.20. The molecule has 1 aromatic carbocycles. The minimum Gasteiger partial charge on any atom is -0.314 e. The summed E-state index contributed by atoms with van der Waals surface area (Å²) in [5.74, 6) is 0. The van der Waals surface area contributed by atoms with Gasteiger partial charge in [0.05, 0.1) is 11.6 Å². The van der Waals surface area contributed by atoms with E-state index in [-0.39, 0.29) is 0 Å². The van der Waals surface area contributed by atoms with Gasteiger partial charge < -0.3 is 10.6 Å². The van der Waals surface area contributed by atoms with Crippen LogP contribution in [0.4, 0.5) is 0 Å². The Morgan fingerprint density at radius 2 is 2.29 bits per heavy atom. The van der Waals surface area contributed by atoms with Crippen molar-refractivity contribution < 1.29 is 0 Å². The molecule has 1 aromatic rings. The van der Waals surface area contributed by atoms with Crippen molar-refractivity contribution in [3.8, 4) is 6.07 Å². The second kappa shape index (κ2) is 4.23. The number of rotatable bonds is 1. The van der Waals surface area contributed by atoms with Gasteiger partial charge in [-0.05, 0) is 17.7 Å². The summed E-state index contributed by atoms with van der Waals surface area (Å²) in [4.78, 5) is 0. The Hall–Kier alpha value is -1.37. The van der Waals surface area contributed by atoms with E-state index in [1.807, 2.05) is 18.2 Å². The molecule has 72 valence electrons. The second-order valence-electron chi connectivity index (χ2n) is 3.45. The Kier molecular flexibility index (Phi) is 2.78. The molecule has 0 bridgehead atoms. The Balaban J connectivity index is 2.18. The SMILES string of the molecule is N#Cc1cccc(C2CNCCN2)c1. The van der Waals surface area contributed by atoms with Crippen LogP contribution in [-0.2, 0) is 0 Å². The van der Waals surface area contributed by atoms with Crippen molar-refractivity contribution in [2.45, 2.75) is 6.04 Å². The van der Waals surface area contributed by atoms with Crippen molar-refractivity contribution >= 4 is 0 Å². The minimum atomic E-state index is 0.344. The van der Waals surface area contributed by atoms with Crippen LogP contribution < -0.4 is 10.6 Å². The molecule has 0 spiro atoms. The average Bonchev–Trinajstić information content (AvgIpc) is 2.30. The van der Waals surface area contributed by atoms with Gasteiger partial charge in [0.2, 0.25) is 0 Å². The van der Waals surface area contributed by atoms with Crippen molar-refractivity contribution in [3.05, 3.63) is 35.4 Å². The summed E-state index contributed by atoms with van der Waals surface area (Å²) in [7, 11) is 0. The second-order valence-corrected chi connectivity index (χ2v) is 3.45.